The fourth-order valence-electron chi connectivity index (χ4n) is 1.49. The standard InChI is InChI=1S/C12H18N2O3S/c1-4-14-12(15)9(3)18(16,17)10-5-6-11(13)8(2)7-10/h5-7,9H,4,13H2,1-3H3,(H,14,15). The summed E-state index contributed by atoms with van der Waals surface area (Å²) in [5.41, 5.74) is 6.85. The second-order valence-electron chi connectivity index (χ2n) is 4.10. The molecule has 0 saturated heterocycles. The van der Waals surface area contributed by atoms with Gasteiger partial charge in [0.1, 0.15) is 5.25 Å². The van der Waals surface area contributed by atoms with E-state index in [-0.39, 0.29) is 4.90 Å². The molecule has 18 heavy (non-hydrogen) atoms. The molecule has 0 spiro atoms. The van der Waals surface area contributed by atoms with E-state index in [0.717, 1.165) is 0 Å². The minimum atomic E-state index is -3.67. The molecule has 5 nitrogen and oxygen atoms in total. The molecule has 0 saturated carbocycles. The predicted molar refractivity (Wildman–Crippen MR) is 70.9 cm³/mol. The van der Waals surface area contributed by atoms with Gasteiger partial charge in [-0.3, -0.25) is 4.79 Å². The van der Waals surface area contributed by atoms with Crippen LogP contribution < -0.4 is 11.1 Å². The van der Waals surface area contributed by atoms with Crippen molar-refractivity contribution in [3.8, 4) is 0 Å². The summed E-state index contributed by atoms with van der Waals surface area (Å²) in [6.45, 7) is 5.25. The van der Waals surface area contributed by atoms with E-state index in [2.05, 4.69) is 5.32 Å². The molecule has 0 bridgehead atoms. The van der Waals surface area contributed by atoms with Crippen molar-refractivity contribution in [2.24, 2.45) is 0 Å². The first kappa shape index (κ1) is 14.5. The SMILES string of the molecule is CCNC(=O)C(C)S(=O)(=O)c1ccc(N)c(C)c1. The summed E-state index contributed by atoms with van der Waals surface area (Å²) >= 11 is 0. The lowest BCUT2D eigenvalue weighted by Gasteiger charge is -2.13. The van der Waals surface area contributed by atoms with Gasteiger partial charge in [0, 0.05) is 12.2 Å². The quantitative estimate of drug-likeness (QED) is 0.795. The number of hydrogen-bond donors (Lipinski definition) is 2. The summed E-state index contributed by atoms with van der Waals surface area (Å²) in [6.07, 6.45) is 0. The number of nitrogens with two attached hydrogens (primary N) is 1. The molecule has 0 aliphatic rings. The van der Waals surface area contributed by atoms with Gasteiger partial charge in [-0.25, -0.2) is 8.42 Å². The highest BCUT2D eigenvalue weighted by Crippen LogP contribution is 2.20. The van der Waals surface area contributed by atoms with Crippen molar-refractivity contribution in [3.05, 3.63) is 23.8 Å². The van der Waals surface area contributed by atoms with Crippen LogP contribution in [-0.4, -0.2) is 26.1 Å². The molecule has 1 atom stereocenters. The number of carbonyl (C=O) groups is 1. The minimum absolute atomic E-state index is 0.118. The van der Waals surface area contributed by atoms with Crippen molar-refractivity contribution in [3.63, 3.8) is 0 Å². The van der Waals surface area contributed by atoms with E-state index < -0.39 is 21.0 Å². The van der Waals surface area contributed by atoms with Crippen LogP contribution in [-0.2, 0) is 14.6 Å². The molecule has 1 rings (SSSR count). The molecule has 0 aliphatic heterocycles. The highest BCUT2D eigenvalue weighted by molar-refractivity contribution is 7.92. The third kappa shape index (κ3) is 2.81. The Labute approximate surface area is 107 Å². The van der Waals surface area contributed by atoms with Gasteiger partial charge in [0.2, 0.25) is 5.91 Å². The van der Waals surface area contributed by atoms with Gasteiger partial charge in [-0.2, -0.15) is 0 Å². The second-order valence-corrected chi connectivity index (χ2v) is 6.37. The van der Waals surface area contributed by atoms with Crippen molar-refractivity contribution >= 4 is 21.4 Å². The van der Waals surface area contributed by atoms with Crippen molar-refractivity contribution in [1.82, 2.24) is 5.32 Å². The molecular weight excluding hydrogens is 252 g/mol. The molecule has 0 aliphatic carbocycles. The van der Waals surface area contributed by atoms with E-state index in [1.54, 1.807) is 13.8 Å². The Morgan fingerprint density at radius 3 is 2.56 bits per heavy atom. The first-order valence-corrected chi connectivity index (χ1v) is 7.23. The fraction of sp³-hybridized carbons (Fsp3) is 0.417. The Balaban J connectivity index is 3.13. The predicted octanol–water partition coefficient (Wildman–Crippen LogP) is 0.876. The normalized spacial score (nSPS) is 13.1. The van der Waals surface area contributed by atoms with Crippen LogP contribution in [0.3, 0.4) is 0 Å². The molecule has 0 fully saturated rings. The van der Waals surface area contributed by atoms with Crippen LogP contribution in [0.5, 0.6) is 0 Å². The van der Waals surface area contributed by atoms with E-state index >= 15 is 0 Å². The zero-order valence-corrected chi connectivity index (χ0v) is 11.5. The van der Waals surface area contributed by atoms with Gasteiger partial charge in [-0.1, -0.05) is 0 Å². The Hall–Kier alpha value is -1.56. The summed E-state index contributed by atoms with van der Waals surface area (Å²) < 4.78 is 24.4. The topological polar surface area (TPSA) is 89.3 Å². The van der Waals surface area contributed by atoms with Crippen LogP contribution in [0.25, 0.3) is 0 Å². The van der Waals surface area contributed by atoms with Crippen LogP contribution in [0, 0.1) is 6.92 Å². The zero-order chi connectivity index (χ0) is 13.9. The molecule has 1 amide bonds. The Morgan fingerprint density at radius 1 is 1.44 bits per heavy atom. The number of sulfone groups is 1. The van der Waals surface area contributed by atoms with E-state index in [1.807, 2.05) is 0 Å². The van der Waals surface area contributed by atoms with Gasteiger partial charge >= 0.3 is 0 Å². The number of rotatable bonds is 4. The Bertz CT molecular complexity index is 552. The van der Waals surface area contributed by atoms with E-state index in [0.29, 0.717) is 17.8 Å². The van der Waals surface area contributed by atoms with Crippen LogP contribution in [0.4, 0.5) is 5.69 Å². The van der Waals surface area contributed by atoms with Gasteiger partial charge in [-0.05, 0) is 44.5 Å². The maximum atomic E-state index is 12.2. The van der Waals surface area contributed by atoms with Gasteiger partial charge < -0.3 is 11.1 Å². The lowest BCUT2D eigenvalue weighted by Crippen LogP contribution is -2.37. The van der Waals surface area contributed by atoms with Crippen molar-refractivity contribution < 1.29 is 13.2 Å². The molecule has 0 aromatic heterocycles. The molecular formula is C12H18N2O3S. The average Bonchev–Trinajstić information content (AvgIpc) is 2.31. The molecule has 1 aromatic carbocycles. The van der Waals surface area contributed by atoms with Gasteiger partial charge in [0.25, 0.3) is 0 Å². The van der Waals surface area contributed by atoms with Crippen LogP contribution in [0.1, 0.15) is 19.4 Å². The third-order valence-electron chi connectivity index (χ3n) is 2.76. The molecule has 1 aromatic rings. The zero-order valence-electron chi connectivity index (χ0n) is 10.7. The molecule has 0 radical (unpaired) electrons. The highest BCUT2D eigenvalue weighted by Gasteiger charge is 2.29. The number of nitrogen functional groups attached to an aromatic ring is 1. The summed E-state index contributed by atoms with van der Waals surface area (Å²) in [7, 11) is -3.67. The minimum Gasteiger partial charge on any atom is -0.399 e. The number of aryl methyl sites for hydroxylation is 1. The fourth-order valence-corrected chi connectivity index (χ4v) is 2.86. The number of nitrogens with one attached hydrogen (secondary N) is 1. The average molecular weight is 270 g/mol. The largest absolute Gasteiger partial charge is 0.399 e. The van der Waals surface area contributed by atoms with Gasteiger partial charge in [0.05, 0.1) is 4.90 Å². The first-order chi connectivity index (χ1) is 8.30. The summed E-state index contributed by atoms with van der Waals surface area (Å²) in [4.78, 5) is 11.7. The Kier molecular flexibility index (Phi) is 4.34. The summed E-state index contributed by atoms with van der Waals surface area (Å²) in [5, 5.41) is 1.39. The molecule has 0 heterocycles. The molecule has 100 valence electrons. The van der Waals surface area contributed by atoms with E-state index in [9.17, 15) is 13.2 Å². The van der Waals surface area contributed by atoms with Crippen molar-refractivity contribution in [1.29, 1.82) is 0 Å². The second kappa shape index (κ2) is 5.39. The number of amides is 1. The monoisotopic (exact) mass is 270 g/mol. The molecule has 6 heteroatoms. The van der Waals surface area contributed by atoms with Crippen LogP contribution in [0.15, 0.2) is 23.1 Å². The number of benzene rings is 1. The smallest absolute Gasteiger partial charge is 0.238 e. The van der Waals surface area contributed by atoms with Crippen molar-refractivity contribution in [2.75, 3.05) is 12.3 Å². The number of anilines is 1. The first-order valence-electron chi connectivity index (χ1n) is 5.68. The van der Waals surface area contributed by atoms with E-state index in [4.69, 9.17) is 5.73 Å². The third-order valence-corrected chi connectivity index (χ3v) is 4.81. The summed E-state index contributed by atoms with van der Waals surface area (Å²) in [5.74, 6) is -0.494. The number of hydrogen-bond acceptors (Lipinski definition) is 4. The maximum Gasteiger partial charge on any atom is 0.238 e. The maximum absolute atomic E-state index is 12.2. The lowest BCUT2D eigenvalue weighted by molar-refractivity contribution is -0.120. The van der Waals surface area contributed by atoms with Crippen LogP contribution >= 0.6 is 0 Å². The molecule has 1 unspecified atom stereocenters. The van der Waals surface area contributed by atoms with E-state index in [1.165, 1.54) is 25.1 Å². The number of carbonyl (C=O) groups excluding carboxylic acids is 1. The van der Waals surface area contributed by atoms with Gasteiger partial charge in [0.15, 0.2) is 9.84 Å². The highest BCUT2D eigenvalue weighted by atomic mass is 32.2. The molecule has 3 N–H and O–H groups in total. The van der Waals surface area contributed by atoms with Gasteiger partial charge in [-0.15, -0.1) is 0 Å². The van der Waals surface area contributed by atoms with Crippen molar-refractivity contribution in [2.45, 2.75) is 30.9 Å². The van der Waals surface area contributed by atoms with Crippen LogP contribution in [0.2, 0.25) is 0 Å². The summed E-state index contributed by atoms with van der Waals surface area (Å²) in [6, 6.07) is 4.44. The Morgan fingerprint density at radius 2 is 2.06 bits per heavy atom. The lowest BCUT2D eigenvalue weighted by atomic mass is 10.2.